The first kappa shape index (κ1) is 24.0. The van der Waals surface area contributed by atoms with Crippen molar-refractivity contribution in [3.63, 3.8) is 0 Å². The fourth-order valence-corrected chi connectivity index (χ4v) is 4.59. The molecule has 1 heterocycles. The lowest BCUT2D eigenvalue weighted by molar-refractivity contribution is 0.0600. The maximum atomic E-state index is 13.0. The fraction of sp³-hybridized carbons (Fsp3) is 0.172. The number of anilines is 1. The lowest BCUT2D eigenvalue weighted by atomic mass is 9.93. The van der Waals surface area contributed by atoms with Gasteiger partial charge in [0.25, 0.3) is 11.8 Å². The van der Waals surface area contributed by atoms with Gasteiger partial charge in [-0.1, -0.05) is 36.4 Å². The Morgan fingerprint density at radius 1 is 0.919 bits per heavy atom. The summed E-state index contributed by atoms with van der Waals surface area (Å²) < 4.78 is 10.6. The summed E-state index contributed by atoms with van der Waals surface area (Å²) in [5, 5.41) is 9.07. The molecule has 5 rings (SSSR count). The van der Waals surface area contributed by atoms with Gasteiger partial charge in [0.05, 0.1) is 18.4 Å². The first-order valence-electron chi connectivity index (χ1n) is 11.9. The highest BCUT2D eigenvalue weighted by molar-refractivity contribution is 6.11. The smallest absolute Gasteiger partial charge is 0.337 e. The van der Waals surface area contributed by atoms with Crippen molar-refractivity contribution in [3.8, 4) is 0 Å². The van der Waals surface area contributed by atoms with E-state index < -0.39 is 11.9 Å². The molecule has 2 N–H and O–H groups in total. The molecule has 2 amide bonds. The van der Waals surface area contributed by atoms with Crippen LogP contribution in [0.2, 0.25) is 0 Å². The average molecular weight is 496 g/mol. The first-order valence-corrected chi connectivity index (χ1v) is 11.9. The maximum Gasteiger partial charge on any atom is 0.337 e. The Morgan fingerprint density at radius 3 is 2.46 bits per heavy atom. The zero-order valence-corrected chi connectivity index (χ0v) is 20.5. The molecule has 37 heavy (non-hydrogen) atoms. The summed E-state index contributed by atoms with van der Waals surface area (Å²) in [6, 6.07) is 19.7. The number of hydrogen-bond donors (Lipinski definition) is 2. The Balaban J connectivity index is 1.36. The predicted octanol–water partition coefficient (Wildman–Crippen LogP) is 5.25. The van der Waals surface area contributed by atoms with Crippen LogP contribution in [0.4, 0.5) is 5.69 Å². The normalized spacial score (nSPS) is 13.7. The Bertz CT molecular complexity index is 1540. The third-order valence-electron chi connectivity index (χ3n) is 6.42. The molecule has 3 aromatic carbocycles. The number of hydrogen-bond acceptors (Lipinski definition) is 6. The Hall–Kier alpha value is -4.72. The highest BCUT2D eigenvalue weighted by atomic mass is 16.5. The van der Waals surface area contributed by atoms with Crippen molar-refractivity contribution in [3.05, 3.63) is 101 Å². The molecule has 8 heteroatoms. The van der Waals surface area contributed by atoms with Gasteiger partial charge >= 0.3 is 5.97 Å². The van der Waals surface area contributed by atoms with Crippen LogP contribution >= 0.6 is 0 Å². The number of esters is 1. The van der Waals surface area contributed by atoms with Gasteiger partial charge in [-0.3, -0.25) is 9.59 Å². The average Bonchev–Trinajstić information content (AvgIpc) is 3.28. The number of methoxy groups -OCH3 is 1. The molecule has 4 aromatic rings. The molecule has 8 nitrogen and oxygen atoms in total. The molecule has 1 aliphatic rings. The fourth-order valence-electron chi connectivity index (χ4n) is 4.59. The second kappa shape index (κ2) is 10.1. The number of ether oxygens (including phenoxy) is 1. The summed E-state index contributed by atoms with van der Waals surface area (Å²) in [5.74, 6) is -0.292. The quantitative estimate of drug-likeness (QED) is 0.290. The summed E-state index contributed by atoms with van der Waals surface area (Å²) in [6.07, 6.45) is 2.12. The molecule has 0 unspecified atom stereocenters. The van der Waals surface area contributed by atoms with Gasteiger partial charge in [0.1, 0.15) is 5.76 Å². The van der Waals surface area contributed by atoms with Crippen molar-refractivity contribution in [1.29, 1.82) is 0 Å². The number of benzene rings is 3. The Labute approximate surface area is 213 Å². The summed E-state index contributed by atoms with van der Waals surface area (Å²) in [4.78, 5) is 37.6. The number of amides is 2. The zero-order valence-electron chi connectivity index (χ0n) is 20.5. The van der Waals surface area contributed by atoms with Crippen LogP contribution in [0.3, 0.4) is 0 Å². The third-order valence-corrected chi connectivity index (χ3v) is 6.42. The van der Waals surface area contributed by atoms with Crippen molar-refractivity contribution in [2.45, 2.75) is 26.2 Å². The van der Waals surface area contributed by atoms with E-state index in [1.807, 2.05) is 43.3 Å². The van der Waals surface area contributed by atoms with Crippen LogP contribution in [0.25, 0.3) is 10.8 Å². The van der Waals surface area contributed by atoms with E-state index in [1.165, 1.54) is 7.11 Å². The van der Waals surface area contributed by atoms with Gasteiger partial charge in [0.15, 0.2) is 5.76 Å². The number of carbonyl (C=O) groups is 3. The standard InChI is InChI=1S/C29H25N3O5/c1-17-25-23(31-32-27(33)22-10-5-8-18-7-3-4-9-21(18)22)11-6-12-24(25)37-26(17)28(34)30-20-15-13-19(14-16-20)29(35)36-2/h3-5,7-10,13-16H,6,11-12H2,1-2H3,(H,30,34)(H,32,33)/b31-23+. The van der Waals surface area contributed by atoms with Gasteiger partial charge in [-0.05, 0) is 60.9 Å². The summed E-state index contributed by atoms with van der Waals surface area (Å²) in [6.45, 7) is 1.81. The van der Waals surface area contributed by atoms with Gasteiger partial charge in [0, 0.05) is 28.8 Å². The number of rotatable bonds is 5. The van der Waals surface area contributed by atoms with Crippen molar-refractivity contribution < 1.29 is 23.5 Å². The molecule has 0 bridgehead atoms. The Morgan fingerprint density at radius 2 is 1.68 bits per heavy atom. The maximum absolute atomic E-state index is 13.0. The van der Waals surface area contributed by atoms with Crippen molar-refractivity contribution in [1.82, 2.24) is 5.43 Å². The lowest BCUT2D eigenvalue weighted by Gasteiger charge is -2.13. The summed E-state index contributed by atoms with van der Waals surface area (Å²) >= 11 is 0. The molecule has 0 saturated heterocycles. The van der Waals surface area contributed by atoms with Crippen LogP contribution in [-0.2, 0) is 11.2 Å². The van der Waals surface area contributed by atoms with Gasteiger partial charge in [-0.25, -0.2) is 10.2 Å². The van der Waals surface area contributed by atoms with E-state index in [9.17, 15) is 14.4 Å². The largest absolute Gasteiger partial charge is 0.465 e. The van der Waals surface area contributed by atoms with E-state index in [4.69, 9.17) is 9.15 Å². The molecule has 0 atom stereocenters. The molecule has 186 valence electrons. The van der Waals surface area contributed by atoms with Crippen LogP contribution in [-0.4, -0.2) is 30.6 Å². The summed E-state index contributed by atoms with van der Waals surface area (Å²) in [5.41, 5.74) is 6.24. The predicted molar refractivity (Wildman–Crippen MR) is 140 cm³/mol. The number of furan rings is 1. The van der Waals surface area contributed by atoms with Gasteiger partial charge in [0.2, 0.25) is 0 Å². The second-order valence-electron chi connectivity index (χ2n) is 8.76. The Kier molecular flexibility index (Phi) is 6.55. The van der Waals surface area contributed by atoms with Crippen molar-refractivity contribution in [2.75, 3.05) is 12.4 Å². The van der Waals surface area contributed by atoms with Crippen LogP contribution in [0.1, 0.15) is 61.0 Å². The van der Waals surface area contributed by atoms with E-state index in [0.717, 1.165) is 22.8 Å². The molecule has 0 spiro atoms. The van der Waals surface area contributed by atoms with E-state index in [-0.39, 0.29) is 11.7 Å². The minimum absolute atomic E-state index is 0.192. The van der Waals surface area contributed by atoms with Crippen LogP contribution in [0.5, 0.6) is 0 Å². The minimum atomic E-state index is -0.452. The van der Waals surface area contributed by atoms with Crippen molar-refractivity contribution in [2.24, 2.45) is 5.10 Å². The van der Waals surface area contributed by atoms with E-state index in [2.05, 4.69) is 15.8 Å². The van der Waals surface area contributed by atoms with Crippen LogP contribution in [0.15, 0.2) is 76.2 Å². The monoisotopic (exact) mass is 495 g/mol. The number of carbonyl (C=O) groups excluding carboxylic acids is 3. The number of nitrogens with zero attached hydrogens (tertiary/aromatic N) is 1. The number of fused-ring (bicyclic) bond motifs is 2. The third kappa shape index (κ3) is 4.73. The topological polar surface area (TPSA) is 110 Å². The molecular formula is C29H25N3O5. The number of hydrazone groups is 1. The zero-order chi connectivity index (χ0) is 25.9. The van der Waals surface area contributed by atoms with E-state index >= 15 is 0 Å². The second-order valence-corrected chi connectivity index (χ2v) is 8.76. The van der Waals surface area contributed by atoms with Crippen molar-refractivity contribution >= 4 is 40.0 Å². The lowest BCUT2D eigenvalue weighted by Crippen LogP contribution is -2.22. The molecule has 1 aromatic heterocycles. The molecule has 0 fully saturated rings. The summed E-state index contributed by atoms with van der Waals surface area (Å²) in [7, 11) is 1.31. The SMILES string of the molecule is COC(=O)c1ccc(NC(=O)c2oc3c(c2C)/C(=N/NC(=O)c2cccc4ccccc24)CCC3)cc1. The molecular weight excluding hydrogens is 470 g/mol. The van der Waals surface area contributed by atoms with Gasteiger partial charge < -0.3 is 14.5 Å². The highest BCUT2D eigenvalue weighted by Crippen LogP contribution is 2.30. The van der Waals surface area contributed by atoms with Gasteiger partial charge in [-0.2, -0.15) is 5.10 Å². The first-order chi connectivity index (χ1) is 18.0. The molecule has 0 saturated carbocycles. The number of aryl methyl sites for hydroxylation is 1. The molecule has 0 aliphatic heterocycles. The highest BCUT2D eigenvalue weighted by Gasteiger charge is 2.28. The van der Waals surface area contributed by atoms with Crippen LogP contribution in [0, 0.1) is 6.92 Å². The van der Waals surface area contributed by atoms with Crippen LogP contribution < -0.4 is 10.7 Å². The molecule has 0 radical (unpaired) electrons. The van der Waals surface area contributed by atoms with E-state index in [1.54, 1.807) is 30.3 Å². The van der Waals surface area contributed by atoms with E-state index in [0.29, 0.717) is 46.7 Å². The van der Waals surface area contributed by atoms with Gasteiger partial charge in [-0.15, -0.1) is 0 Å². The minimum Gasteiger partial charge on any atom is -0.465 e. The number of nitrogens with one attached hydrogen (secondary N) is 2. The molecule has 1 aliphatic carbocycles.